The van der Waals surface area contributed by atoms with E-state index in [2.05, 4.69) is 42.0 Å². The summed E-state index contributed by atoms with van der Waals surface area (Å²) < 4.78 is 14.6. The van der Waals surface area contributed by atoms with E-state index in [1.807, 2.05) is 6.07 Å². The molecule has 1 aromatic carbocycles. The van der Waals surface area contributed by atoms with Gasteiger partial charge in [0.2, 0.25) is 0 Å². The Balaban J connectivity index is 2.55. The second-order valence-corrected chi connectivity index (χ2v) is 6.49. The van der Waals surface area contributed by atoms with E-state index in [1.165, 1.54) is 6.07 Å². The van der Waals surface area contributed by atoms with Crippen LogP contribution in [0.5, 0.6) is 0 Å². The quantitative estimate of drug-likeness (QED) is 0.728. The molecule has 0 unspecified atom stereocenters. The molecule has 0 spiro atoms. The Morgan fingerprint density at radius 2 is 2.00 bits per heavy atom. The number of hydrogen-bond acceptors (Lipinski definition) is 1. The predicted octanol–water partition coefficient (Wildman–Crippen LogP) is 4.55. The van der Waals surface area contributed by atoms with E-state index >= 15 is 0 Å². The van der Waals surface area contributed by atoms with Gasteiger partial charge in [0.1, 0.15) is 5.82 Å². The Labute approximate surface area is 118 Å². The van der Waals surface area contributed by atoms with Gasteiger partial charge >= 0.3 is 0 Å². The normalized spacial score (nSPS) is 11.8. The first-order chi connectivity index (χ1) is 8.44. The van der Waals surface area contributed by atoms with Crippen LogP contribution < -0.4 is 5.32 Å². The van der Waals surface area contributed by atoms with E-state index in [0.717, 1.165) is 42.4 Å². The summed E-state index contributed by atoms with van der Waals surface area (Å²) >= 11 is 3.40. The summed E-state index contributed by atoms with van der Waals surface area (Å²) in [6.45, 7) is 8.61. The summed E-state index contributed by atoms with van der Waals surface area (Å²) in [5, 5.41) is 3.40. The minimum atomic E-state index is -0.104. The van der Waals surface area contributed by atoms with Crippen molar-refractivity contribution in [3.8, 4) is 0 Å². The van der Waals surface area contributed by atoms with Crippen molar-refractivity contribution in [1.82, 2.24) is 5.32 Å². The highest BCUT2D eigenvalue weighted by Gasteiger charge is 2.20. The first-order valence-electron chi connectivity index (χ1n) is 6.59. The minimum absolute atomic E-state index is 0.104. The lowest BCUT2D eigenvalue weighted by Gasteiger charge is -2.25. The first kappa shape index (κ1) is 15.6. The Bertz CT molecular complexity index is 377. The molecular weight excluding hydrogens is 293 g/mol. The predicted molar refractivity (Wildman–Crippen MR) is 79.4 cm³/mol. The molecule has 0 atom stereocenters. The van der Waals surface area contributed by atoms with Crippen LogP contribution in [0.1, 0.15) is 39.2 Å². The molecule has 0 fully saturated rings. The van der Waals surface area contributed by atoms with E-state index in [4.69, 9.17) is 0 Å². The molecule has 0 saturated carbocycles. The fraction of sp³-hybridized carbons (Fsp3) is 0.600. The molecular formula is C15H23BrFN. The van der Waals surface area contributed by atoms with Gasteiger partial charge in [0.15, 0.2) is 0 Å². The SMILES string of the molecule is CCCNCCC(C)(C)Cc1cc(Br)ccc1F. The highest BCUT2D eigenvalue weighted by Crippen LogP contribution is 2.28. The third-order valence-corrected chi connectivity index (χ3v) is 3.58. The number of benzene rings is 1. The van der Waals surface area contributed by atoms with Crippen LogP contribution in [0, 0.1) is 11.2 Å². The molecule has 0 aliphatic rings. The van der Waals surface area contributed by atoms with Crippen LogP contribution in [0.25, 0.3) is 0 Å². The zero-order valence-electron chi connectivity index (χ0n) is 11.5. The maximum Gasteiger partial charge on any atom is 0.126 e. The highest BCUT2D eigenvalue weighted by atomic mass is 79.9. The first-order valence-corrected chi connectivity index (χ1v) is 7.38. The van der Waals surface area contributed by atoms with Crippen LogP contribution in [-0.2, 0) is 6.42 Å². The van der Waals surface area contributed by atoms with Crippen LogP contribution in [0.2, 0.25) is 0 Å². The molecule has 0 heterocycles. The second-order valence-electron chi connectivity index (χ2n) is 5.58. The van der Waals surface area contributed by atoms with Gasteiger partial charge in [-0.15, -0.1) is 0 Å². The molecule has 18 heavy (non-hydrogen) atoms. The van der Waals surface area contributed by atoms with Gasteiger partial charge in [0.25, 0.3) is 0 Å². The second kappa shape index (κ2) is 7.25. The molecule has 0 bridgehead atoms. The molecule has 0 aliphatic carbocycles. The molecule has 102 valence electrons. The highest BCUT2D eigenvalue weighted by molar-refractivity contribution is 9.10. The summed E-state index contributed by atoms with van der Waals surface area (Å²) in [6, 6.07) is 5.16. The summed E-state index contributed by atoms with van der Waals surface area (Å²) in [7, 11) is 0. The van der Waals surface area contributed by atoms with Crippen LogP contribution >= 0.6 is 15.9 Å². The molecule has 1 aromatic rings. The lowest BCUT2D eigenvalue weighted by Crippen LogP contribution is -2.24. The third-order valence-electron chi connectivity index (χ3n) is 3.08. The Morgan fingerprint density at radius 3 is 2.67 bits per heavy atom. The smallest absolute Gasteiger partial charge is 0.126 e. The summed E-state index contributed by atoms with van der Waals surface area (Å²) in [5.74, 6) is -0.104. The molecule has 0 aliphatic heterocycles. The van der Waals surface area contributed by atoms with Gasteiger partial charge < -0.3 is 5.32 Å². The number of nitrogens with one attached hydrogen (secondary N) is 1. The van der Waals surface area contributed by atoms with Crippen molar-refractivity contribution >= 4 is 15.9 Å². The monoisotopic (exact) mass is 315 g/mol. The zero-order chi connectivity index (χ0) is 13.6. The number of hydrogen-bond donors (Lipinski definition) is 1. The Morgan fingerprint density at radius 1 is 1.28 bits per heavy atom. The van der Waals surface area contributed by atoms with Gasteiger partial charge in [0.05, 0.1) is 0 Å². The third kappa shape index (κ3) is 5.49. The van der Waals surface area contributed by atoms with Crippen LogP contribution in [-0.4, -0.2) is 13.1 Å². The minimum Gasteiger partial charge on any atom is -0.317 e. The maximum atomic E-state index is 13.7. The van der Waals surface area contributed by atoms with Gasteiger partial charge in [-0.25, -0.2) is 4.39 Å². The average Bonchev–Trinajstić information content (AvgIpc) is 2.29. The topological polar surface area (TPSA) is 12.0 Å². The largest absolute Gasteiger partial charge is 0.317 e. The molecule has 0 radical (unpaired) electrons. The molecule has 0 saturated heterocycles. The lowest BCUT2D eigenvalue weighted by atomic mass is 9.82. The standard InChI is InChI=1S/C15H23BrFN/c1-4-8-18-9-7-15(2,3)11-12-10-13(16)5-6-14(12)17/h5-6,10,18H,4,7-9,11H2,1-3H3. The molecule has 0 amide bonds. The van der Waals surface area contributed by atoms with Gasteiger partial charge in [-0.05, 0) is 61.5 Å². The number of rotatable bonds is 7. The summed E-state index contributed by atoms with van der Waals surface area (Å²) in [4.78, 5) is 0. The van der Waals surface area contributed by atoms with E-state index < -0.39 is 0 Å². The number of halogens is 2. The molecule has 3 heteroatoms. The van der Waals surface area contributed by atoms with E-state index in [0.29, 0.717) is 0 Å². The molecule has 1 rings (SSSR count). The van der Waals surface area contributed by atoms with E-state index in [1.54, 1.807) is 6.07 Å². The molecule has 1 N–H and O–H groups in total. The molecule has 1 nitrogen and oxygen atoms in total. The Kier molecular flexibility index (Phi) is 6.30. The van der Waals surface area contributed by atoms with Gasteiger partial charge in [-0.1, -0.05) is 36.7 Å². The van der Waals surface area contributed by atoms with Crippen molar-refractivity contribution in [2.75, 3.05) is 13.1 Å². The van der Waals surface area contributed by atoms with Crippen molar-refractivity contribution in [3.63, 3.8) is 0 Å². The van der Waals surface area contributed by atoms with Gasteiger partial charge in [0, 0.05) is 4.47 Å². The van der Waals surface area contributed by atoms with Gasteiger partial charge in [-0.2, -0.15) is 0 Å². The fourth-order valence-corrected chi connectivity index (χ4v) is 2.42. The van der Waals surface area contributed by atoms with Crippen molar-refractivity contribution in [2.24, 2.45) is 5.41 Å². The van der Waals surface area contributed by atoms with Crippen molar-refractivity contribution in [2.45, 2.75) is 40.0 Å². The zero-order valence-corrected chi connectivity index (χ0v) is 13.1. The fourth-order valence-electron chi connectivity index (χ4n) is 2.01. The lowest BCUT2D eigenvalue weighted by molar-refractivity contribution is 0.321. The van der Waals surface area contributed by atoms with E-state index in [9.17, 15) is 4.39 Å². The maximum absolute atomic E-state index is 13.7. The average molecular weight is 316 g/mol. The van der Waals surface area contributed by atoms with Crippen molar-refractivity contribution in [1.29, 1.82) is 0 Å². The summed E-state index contributed by atoms with van der Waals surface area (Å²) in [6.07, 6.45) is 2.98. The van der Waals surface area contributed by atoms with E-state index in [-0.39, 0.29) is 11.2 Å². The van der Waals surface area contributed by atoms with Crippen LogP contribution in [0.3, 0.4) is 0 Å². The van der Waals surface area contributed by atoms with Crippen molar-refractivity contribution in [3.05, 3.63) is 34.1 Å². The summed E-state index contributed by atoms with van der Waals surface area (Å²) in [5.41, 5.74) is 0.910. The van der Waals surface area contributed by atoms with Crippen molar-refractivity contribution < 1.29 is 4.39 Å². The van der Waals surface area contributed by atoms with Gasteiger partial charge in [-0.3, -0.25) is 0 Å². The Hall–Kier alpha value is -0.410. The molecule has 0 aromatic heterocycles. The van der Waals surface area contributed by atoms with Crippen LogP contribution in [0.4, 0.5) is 4.39 Å². The van der Waals surface area contributed by atoms with Crippen LogP contribution in [0.15, 0.2) is 22.7 Å².